The normalized spacial score (nSPS) is 17.6. The Morgan fingerprint density at radius 1 is 1.45 bits per heavy atom. The molecule has 122 valence electrons. The molecule has 8 heteroatoms. The van der Waals surface area contributed by atoms with Crippen molar-refractivity contribution in [1.82, 2.24) is 20.1 Å². The second-order valence-electron chi connectivity index (χ2n) is 6.56. The summed E-state index contributed by atoms with van der Waals surface area (Å²) in [6.45, 7) is 6.81. The molecule has 8 nitrogen and oxygen atoms in total. The van der Waals surface area contributed by atoms with E-state index in [0.717, 1.165) is 18.7 Å². The van der Waals surface area contributed by atoms with E-state index in [1.54, 1.807) is 27.7 Å². The molecular weight excluding hydrogens is 288 g/mol. The van der Waals surface area contributed by atoms with Gasteiger partial charge >= 0.3 is 12.1 Å². The van der Waals surface area contributed by atoms with Gasteiger partial charge in [0.25, 0.3) is 0 Å². The Hall–Kier alpha value is -2.12. The van der Waals surface area contributed by atoms with Crippen LogP contribution < -0.4 is 5.32 Å². The highest BCUT2D eigenvalue weighted by atomic mass is 16.6. The summed E-state index contributed by atoms with van der Waals surface area (Å²) in [7, 11) is 0. The van der Waals surface area contributed by atoms with Crippen molar-refractivity contribution in [3.05, 3.63) is 12.2 Å². The summed E-state index contributed by atoms with van der Waals surface area (Å²) >= 11 is 0. The number of hydrogen-bond acceptors (Lipinski definition) is 5. The average molecular weight is 310 g/mol. The third-order valence-electron chi connectivity index (χ3n) is 3.31. The number of alkyl carbamates (subject to hydrolysis) is 1. The van der Waals surface area contributed by atoms with E-state index in [1.165, 1.54) is 11.0 Å². The molecule has 1 saturated carbocycles. The molecule has 0 bridgehead atoms. The maximum atomic E-state index is 11.8. The smallest absolute Gasteiger partial charge is 0.408 e. The van der Waals surface area contributed by atoms with Gasteiger partial charge in [-0.15, -0.1) is 0 Å². The topological polar surface area (TPSA) is 106 Å². The zero-order chi connectivity index (χ0) is 16.5. The Morgan fingerprint density at radius 3 is 2.59 bits per heavy atom. The number of carboxylic acid groups (broad SMARTS) is 1. The van der Waals surface area contributed by atoms with Crippen molar-refractivity contribution in [2.24, 2.45) is 0 Å². The van der Waals surface area contributed by atoms with Crippen LogP contribution in [0.25, 0.3) is 0 Å². The maximum Gasteiger partial charge on any atom is 0.408 e. The van der Waals surface area contributed by atoms with Gasteiger partial charge in [-0.05, 0) is 40.5 Å². The molecule has 1 aromatic heterocycles. The Morgan fingerprint density at radius 2 is 2.09 bits per heavy atom. The standard InChI is InChI=1S/C14H22N4O4/c1-8(18-7-15-11(17-18)9-5-6-9)10(12(19)20)16-13(21)22-14(2,3)4/h7-10H,5-6H2,1-4H3,(H,16,21)(H,19,20). The molecule has 1 aromatic rings. The van der Waals surface area contributed by atoms with E-state index in [-0.39, 0.29) is 0 Å². The summed E-state index contributed by atoms with van der Waals surface area (Å²) in [6.07, 6.45) is 2.87. The van der Waals surface area contributed by atoms with Crippen LogP contribution in [0.1, 0.15) is 58.3 Å². The van der Waals surface area contributed by atoms with E-state index in [1.807, 2.05) is 0 Å². The Labute approximate surface area is 128 Å². The van der Waals surface area contributed by atoms with Crippen molar-refractivity contribution in [2.45, 2.75) is 64.1 Å². The highest BCUT2D eigenvalue weighted by Crippen LogP contribution is 2.37. The Balaban J connectivity index is 2.05. The van der Waals surface area contributed by atoms with Crippen LogP contribution in [-0.4, -0.2) is 43.6 Å². The third kappa shape index (κ3) is 4.19. The van der Waals surface area contributed by atoms with Gasteiger partial charge in [0.2, 0.25) is 0 Å². The molecule has 1 aliphatic rings. The maximum absolute atomic E-state index is 11.8. The lowest BCUT2D eigenvalue weighted by Crippen LogP contribution is -2.47. The second-order valence-corrected chi connectivity index (χ2v) is 6.56. The quantitative estimate of drug-likeness (QED) is 0.857. The van der Waals surface area contributed by atoms with Crippen molar-refractivity contribution in [1.29, 1.82) is 0 Å². The molecule has 0 aliphatic heterocycles. The lowest BCUT2D eigenvalue weighted by Gasteiger charge is -2.24. The monoisotopic (exact) mass is 310 g/mol. The van der Waals surface area contributed by atoms with Gasteiger partial charge in [0.15, 0.2) is 11.9 Å². The SMILES string of the molecule is CC(C(NC(=O)OC(C)(C)C)C(=O)O)n1cnc(C2CC2)n1. The van der Waals surface area contributed by atoms with Gasteiger partial charge in [0, 0.05) is 5.92 Å². The van der Waals surface area contributed by atoms with E-state index in [2.05, 4.69) is 15.4 Å². The zero-order valence-electron chi connectivity index (χ0n) is 13.2. The van der Waals surface area contributed by atoms with Crippen molar-refractivity contribution in [3.63, 3.8) is 0 Å². The van der Waals surface area contributed by atoms with Crippen molar-refractivity contribution in [2.75, 3.05) is 0 Å². The summed E-state index contributed by atoms with van der Waals surface area (Å²) in [5.74, 6) is -0.0365. The molecular formula is C14H22N4O4. The van der Waals surface area contributed by atoms with Crippen molar-refractivity contribution in [3.8, 4) is 0 Å². The number of nitrogens with zero attached hydrogens (tertiary/aromatic N) is 3. The van der Waals surface area contributed by atoms with Gasteiger partial charge in [0.05, 0.1) is 6.04 Å². The number of hydrogen-bond donors (Lipinski definition) is 2. The van der Waals surface area contributed by atoms with Crippen LogP contribution in [0.5, 0.6) is 0 Å². The average Bonchev–Trinajstić information content (AvgIpc) is 3.11. The molecule has 0 radical (unpaired) electrons. The van der Waals surface area contributed by atoms with Crippen LogP contribution in [0, 0.1) is 0 Å². The summed E-state index contributed by atoms with van der Waals surface area (Å²) in [4.78, 5) is 27.4. The molecule has 1 heterocycles. The highest BCUT2D eigenvalue weighted by Gasteiger charge is 2.32. The fourth-order valence-electron chi connectivity index (χ4n) is 1.99. The minimum Gasteiger partial charge on any atom is -0.480 e. The second kappa shape index (κ2) is 5.94. The molecule has 1 fully saturated rings. The fourth-order valence-corrected chi connectivity index (χ4v) is 1.99. The molecule has 0 spiro atoms. The molecule has 2 atom stereocenters. The summed E-state index contributed by atoms with van der Waals surface area (Å²) < 4.78 is 6.58. The predicted molar refractivity (Wildman–Crippen MR) is 77.5 cm³/mol. The van der Waals surface area contributed by atoms with E-state index >= 15 is 0 Å². The minimum atomic E-state index is -1.15. The largest absolute Gasteiger partial charge is 0.480 e. The van der Waals surface area contributed by atoms with Crippen LogP contribution in [0.2, 0.25) is 0 Å². The first-order chi connectivity index (χ1) is 10.2. The first-order valence-electron chi connectivity index (χ1n) is 7.31. The molecule has 22 heavy (non-hydrogen) atoms. The highest BCUT2D eigenvalue weighted by molar-refractivity contribution is 5.80. The molecule has 1 aliphatic carbocycles. The molecule has 2 N–H and O–H groups in total. The number of carboxylic acids is 1. The number of carbonyl (C=O) groups excluding carboxylic acids is 1. The van der Waals surface area contributed by atoms with Crippen molar-refractivity contribution < 1.29 is 19.4 Å². The fraction of sp³-hybridized carbons (Fsp3) is 0.714. The van der Waals surface area contributed by atoms with Gasteiger partial charge in [-0.2, -0.15) is 5.10 Å². The van der Waals surface area contributed by atoms with Crippen LogP contribution in [-0.2, 0) is 9.53 Å². The Bertz CT molecular complexity index is 559. The van der Waals surface area contributed by atoms with Crippen LogP contribution in [0.15, 0.2) is 6.33 Å². The third-order valence-corrected chi connectivity index (χ3v) is 3.31. The van der Waals surface area contributed by atoms with Crippen LogP contribution in [0.4, 0.5) is 4.79 Å². The lowest BCUT2D eigenvalue weighted by molar-refractivity contribution is -0.140. The van der Waals surface area contributed by atoms with E-state index in [4.69, 9.17) is 4.74 Å². The van der Waals surface area contributed by atoms with Gasteiger partial charge in [0.1, 0.15) is 11.9 Å². The lowest BCUT2D eigenvalue weighted by atomic mass is 10.1. The first-order valence-corrected chi connectivity index (χ1v) is 7.31. The Kier molecular flexibility index (Phi) is 4.39. The van der Waals surface area contributed by atoms with E-state index in [0.29, 0.717) is 5.92 Å². The summed E-state index contributed by atoms with van der Waals surface area (Å²) in [6, 6.07) is -1.73. The number of ether oxygens (including phenoxy) is 1. The van der Waals surface area contributed by atoms with E-state index < -0.39 is 29.7 Å². The number of rotatable bonds is 5. The van der Waals surface area contributed by atoms with E-state index in [9.17, 15) is 14.7 Å². The minimum absolute atomic E-state index is 0.385. The number of amides is 1. The van der Waals surface area contributed by atoms with Crippen LogP contribution >= 0.6 is 0 Å². The molecule has 2 unspecified atom stereocenters. The molecule has 1 amide bonds. The van der Waals surface area contributed by atoms with Gasteiger partial charge in [-0.25, -0.2) is 19.3 Å². The number of carbonyl (C=O) groups is 2. The number of aromatic nitrogens is 3. The van der Waals surface area contributed by atoms with Gasteiger partial charge in [-0.1, -0.05) is 0 Å². The number of aliphatic carboxylic acids is 1. The van der Waals surface area contributed by atoms with Gasteiger partial charge in [-0.3, -0.25) is 0 Å². The summed E-state index contributed by atoms with van der Waals surface area (Å²) in [5, 5.41) is 16.0. The molecule has 0 aromatic carbocycles. The first kappa shape index (κ1) is 16.3. The molecule has 0 saturated heterocycles. The van der Waals surface area contributed by atoms with Crippen molar-refractivity contribution >= 4 is 12.1 Å². The van der Waals surface area contributed by atoms with Gasteiger partial charge < -0.3 is 15.2 Å². The molecule has 2 rings (SSSR count). The summed E-state index contributed by atoms with van der Waals surface area (Å²) in [5.41, 5.74) is -0.692. The zero-order valence-corrected chi connectivity index (χ0v) is 13.2. The number of nitrogens with one attached hydrogen (secondary N) is 1. The van der Waals surface area contributed by atoms with Crippen LogP contribution in [0.3, 0.4) is 0 Å². The predicted octanol–water partition coefficient (Wildman–Crippen LogP) is 1.69.